The molecular formula is C22H20F2N4O6. The van der Waals surface area contributed by atoms with Crippen LogP contribution < -0.4 is 10.9 Å². The molecule has 12 heteroatoms. The van der Waals surface area contributed by atoms with Crippen LogP contribution in [0.25, 0.3) is 5.82 Å². The molecule has 0 spiro atoms. The zero-order valence-electron chi connectivity index (χ0n) is 18.1. The number of aryl methyl sites for hydroxylation is 1. The maximum absolute atomic E-state index is 12.8. The fraction of sp³-hybridized carbons (Fsp3) is 0.182. The molecule has 1 amide bonds. The van der Waals surface area contributed by atoms with E-state index in [1.54, 1.807) is 13.8 Å². The van der Waals surface area contributed by atoms with E-state index < -0.39 is 35.0 Å². The zero-order valence-corrected chi connectivity index (χ0v) is 18.1. The van der Waals surface area contributed by atoms with Crippen molar-refractivity contribution in [1.29, 1.82) is 0 Å². The number of hydrogen-bond donors (Lipinski definition) is 2. The maximum Gasteiger partial charge on any atom is 0.341 e. The summed E-state index contributed by atoms with van der Waals surface area (Å²) in [4.78, 5) is 52.4. The highest BCUT2D eigenvalue weighted by atomic mass is 19.1. The van der Waals surface area contributed by atoms with Crippen LogP contribution in [0.5, 0.6) is 0 Å². The van der Waals surface area contributed by atoms with E-state index in [1.807, 2.05) is 0 Å². The Morgan fingerprint density at radius 3 is 2.21 bits per heavy atom. The van der Waals surface area contributed by atoms with E-state index in [0.29, 0.717) is 5.69 Å². The van der Waals surface area contributed by atoms with Crippen LogP contribution in [0.4, 0.5) is 14.6 Å². The number of carbonyl (C=O) groups is 3. The van der Waals surface area contributed by atoms with Crippen molar-refractivity contribution in [3.63, 3.8) is 0 Å². The summed E-state index contributed by atoms with van der Waals surface area (Å²) in [6, 6.07) is 7.66. The van der Waals surface area contributed by atoms with Crippen molar-refractivity contribution in [2.75, 3.05) is 11.9 Å². The molecule has 3 aromatic rings. The third-order valence-corrected chi connectivity index (χ3v) is 4.05. The summed E-state index contributed by atoms with van der Waals surface area (Å²) in [5, 5.41) is 11.2. The molecule has 0 atom stereocenters. The molecule has 0 bridgehead atoms. The molecule has 3 aromatic heterocycles. The van der Waals surface area contributed by atoms with Gasteiger partial charge in [-0.05, 0) is 50.2 Å². The first-order valence-corrected chi connectivity index (χ1v) is 9.77. The topological polar surface area (TPSA) is 140 Å². The van der Waals surface area contributed by atoms with Crippen molar-refractivity contribution < 1.29 is 33.0 Å². The number of carboxylic acids is 1. The van der Waals surface area contributed by atoms with Crippen LogP contribution in [-0.4, -0.2) is 44.1 Å². The lowest BCUT2D eigenvalue weighted by molar-refractivity contribution is -0.145. The van der Waals surface area contributed by atoms with Crippen molar-refractivity contribution in [1.82, 2.24) is 14.5 Å². The highest BCUT2D eigenvalue weighted by Crippen LogP contribution is 2.07. The lowest BCUT2D eigenvalue weighted by Gasteiger charge is -2.09. The van der Waals surface area contributed by atoms with E-state index in [9.17, 15) is 28.0 Å². The molecule has 3 heterocycles. The number of carboxylic acid groups (broad SMARTS) is 1. The molecule has 10 nitrogen and oxygen atoms in total. The van der Waals surface area contributed by atoms with Gasteiger partial charge in [-0.3, -0.25) is 19.0 Å². The Kier molecular flexibility index (Phi) is 9.06. The minimum atomic E-state index is -1.31. The van der Waals surface area contributed by atoms with Crippen LogP contribution in [-0.2, 0) is 14.3 Å². The van der Waals surface area contributed by atoms with Gasteiger partial charge in [-0.1, -0.05) is 0 Å². The van der Waals surface area contributed by atoms with E-state index in [-0.39, 0.29) is 30.2 Å². The Bertz CT molecular complexity index is 1230. The molecule has 0 unspecified atom stereocenters. The highest BCUT2D eigenvalue weighted by molar-refractivity contribution is 6.01. The molecule has 178 valence electrons. The van der Waals surface area contributed by atoms with Crippen molar-refractivity contribution in [3.8, 4) is 5.82 Å². The lowest BCUT2D eigenvalue weighted by Crippen LogP contribution is -2.27. The molecular weight excluding hydrogens is 454 g/mol. The highest BCUT2D eigenvalue weighted by Gasteiger charge is 2.14. The second-order valence-corrected chi connectivity index (χ2v) is 6.56. The van der Waals surface area contributed by atoms with Gasteiger partial charge in [0.15, 0.2) is 0 Å². The molecule has 34 heavy (non-hydrogen) atoms. The summed E-state index contributed by atoms with van der Waals surface area (Å²) in [6.07, 6.45) is 1.56. The Hall–Kier alpha value is -4.48. The Morgan fingerprint density at radius 1 is 1.03 bits per heavy atom. The predicted molar refractivity (Wildman–Crippen MR) is 116 cm³/mol. The van der Waals surface area contributed by atoms with Gasteiger partial charge in [0.05, 0.1) is 19.0 Å². The summed E-state index contributed by atoms with van der Waals surface area (Å²) >= 11 is 0. The van der Waals surface area contributed by atoms with Gasteiger partial charge in [0.25, 0.3) is 5.56 Å². The number of aromatic nitrogens is 3. The van der Waals surface area contributed by atoms with E-state index in [0.717, 1.165) is 29.1 Å². The van der Waals surface area contributed by atoms with Crippen LogP contribution in [0.2, 0.25) is 0 Å². The molecule has 3 rings (SSSR count). The third-order valence-electron chi connectivity index (χ3n) is 4.05. The number of nitrogens with one attached hydrogen (secondary N) is 1. The Labute approximate surface area is 191 Å². The number of nitrogens with zero attached hydrogens (tertiary/aromatic N) is 3. The number of halogens is 2. The number of amides is 1. The van der Waals surface area contributed by atoms with Gasteiger partial charge >= 0.3 is 11.9 Å². The number of hydrogen-bond acceptors (Lipinski definition) is 7. The standard InChI is InChI=1S/C12H9FN2O3.C10H11FN2O3/c1-7-2-4-9(12(17)18)11(16)15(7)10-5-3-8(13)6-14-10;1-2-16-10(15)5-9(14)13-8-4-3-7(11)6-12-8/h2-6H,1H3,(H,17,18);3-4,6H,2,5H2,1H3,(H,12,13,14). The number of anilines is 1. The molecule has 0 saturated carbocycles. The van der Waals surface area contributed by atoms with Gasteiger partial charge in [0.2, 0.25) is 5.91 Å². The van der Waals surface area contributed by atoms with Crippen LogP contribution in [0.3, 0.4) is 0 Å². The average Bonchev–Trinajstić information content (AvgIpc) is 2.77. The minimum Gasteiger partial charge on any atom is -0.477 e. The molecule has 0 radical (unpaired) electrons. The number of carbonyl (C=O) groups excluding carboxylic acids is 2. The lowest BCUT2D eigenvalue weighted by atomic mass is 10.2. The number of pyridine rings is 3. The molecule has 0 fully saturated rings. The van der Waals surface area contributed by atoms with Crippen LogP contribution in [0.15, 0.2) is 53.6 Å². The quantitative estimate of drug-likeness (QED) is 0.410. The number of aromatic carboxylic acids is 1. The number of esters is 1. The first-order chi connectivity index (χ1) is 16.1. The third kappa shape index (κ3) is 7.29. The summed E-state index contributed by atoms with van der Waals surface area (Å²) in [6.45, 7) is 3.51. The van der Waals surface area contributed by atoms with Crippen LogP contribution in [0.1, 0.15) is 29.4 Å². The molecule has 0 aliphatic rings. The summed E-state index contributed by atoms with van der Waals surface area (Å²) < 4.78 is 31.0. The second-order valence-electron chi connectivity index (χ2n) is 6.56. The smallest absolute Gasteiger partial charge is 0.341 e. The summed E-state index contributed by atoms with van der Waals surface area (Å²) in [7, 11) is 0. The largest absolute Gasteiger partial charge is 0.477 e. The molecule has 0 saturated heterocycles. The van der Waals surface area contributed by atoms with Crippen molar-refractivity contribution >= 4 is 23.7 Å². The minimum absolute atomic E-state index is 0.182. The predicted octanol–water partition coefficient (Wildman–Crippen LogP) is 2.49. The normalized spacial score (nSPS) is 10.0. The van der Waals surface area contributed by atoms with Crippen molar-refractivity contribution in [3.05, 3.63) is 82.0 Å². The zero-order chi connectivity index (χ0) is 25.3. The average molecular weight is 474 g/mol. The Morgan fingerprint density at radius 2 is 1.68 bits per heavy atom. The van der Waals surface area contributed by atoms with Crippen LogP contribution >= 0.6 is 0 Å². The maximum atomic E-state index is 12.8. The van der Waals surface area contributed by atoms with E-state index in [1.165, 1.54) is 24.3 Å². The fourth-order valence-electron chi connectivity index (χ4n) is 2.56. The summed E-state index contributed by atoms with van der Waals surface area (Å²) in [5.74, 6) is -3.12. The van der Waals surface area contributed by atoms with Gasteiger partial charge in [-0.15, -0.1) is 0 Å². The molecule has 2 N–H and O–H groups in total. The van der Waals surface area contributed by atoms with Crippen molar-refractivity contribution in [2.24, 2.45) is 0 Å². The van der Waals surface area contributed by atoms with E-state index >= 15 is 0 Å². The van der Waals surface area contributed by atoms with E-state index in [2.05, 4.69) is 20.0 Å². The molecule has 0 aliphatic heterocycles. The van der Waals surface area contributed by atoms with Gasteiger partial charge in [-0.2, -0.15) is 0 Å². The number of rotatable bonds is 6. The fourth-order valence-corrected chi connectivity index (χ4v) is 2.56. The Balaban J connectivity index is 0.000000242. The van der Waals surface area contributed by atoms with Crippen molar-refractivity contribution in [2.45, 2.75) is 20.3 Å². The SMILES string of the molecule is CCOC(=O)CC(=O)Nc1ccc(F)cn1.Cc1ccc(C(=O)O)c(=O)n1-c1ccc(F)cn1. The first kappa shape index (κ1) is 25.8. The van der Waals surface area contributed by atoms with Gasteiger partial charge in [0, 0.05) is 5.69 Å². The summed E-state index contributed by atoms with van der Waals surface area (Å²) in [5.41, 5.74) is -0.530. The van der Waals surface area contributed by atoms with Gasteiger partial charge < -0.3 is 15.2 Å². The number of ether oxygens (including phenoxy) is 1. The van der Waals surface area contributed by atoms with Crippen LogP contribution in [0, 0.1) is 18.6 Å². The second kappa shape index (κ2) is 11.9. The van der Waals surface area contributed by atoms with E-state index in [4.69, 9.17) is 5.11 Å². The first-order valence-electron chi connectivity index (χ1n) is 9.77. The molecule has 0 aliphatic carbocycles. The van der Waals surface area contributed by atoms with Gasteiger partial charge in [0.1, 0.15) is 35.3 Å². The van der Waals surface area contributed by atoms with Gasteiger partial charge in [-0.25, -0.2) is 23.5 Å². The molecule has 0 aromatic carbocycles. The monoisotopic (exact) mass is 474 g/mol.